The Morgan fingerprint density at radius 1 is 1.19 bits per heavy atom. The topological polar surface area (TPSA) is 71.1 Å². The van der Waals surface area contributed by atoms with Crippen LogP contribution in [0.5, 0.6) is 0 Å². The number of nitrogens with one attached hydrogen (secondary N) is 2. The molecule has 0 radical (unpaired) electrons. The standard InChI is InChI=1S/C20H21N3O2S2/c1-3-13(2)21-19(25)16-6-4-5-7-17(16)23-18(24)10-15-12-27-20(22-15)14-8-9-26-11-14/h4-9,11-13H,3,10H2,1-2H3,(H,21,25)(H,23,24)/t13-/m1/s1. The maximum Gasteiger partial charge on any atom is 0.253 e. The molecule has 0 saturated heterocycles. The Morgan fingerprint density at radius 2 is 2.00 bits per heavy atom. The first-order chi connectivity index (χ1) is 13.1. The van der Waals surface area contributed by atoms with E-state index in [1.165, 1.54) is 11.3 Å². The summed E-state index contributed by atoms with van der Waals surface area (Å²) in [6, 6.07) is 9.12. The van der Waals surface area contributed by atoms with Crippen LogP contribution in [-0.2, 0) is 11.2 Å². The number of rotatable bonds is 7. The summed E-state index contributed by atoms with van der Waals surface area (Å²) in [5.41, 5.74) is 2.77. The molecular formula is C20H21N3O2S2. The molecule has 140 valence electrons. The summed E-state index contributed by atoms with van der Waals surface area (Å²) >= 11 is 3.14. The van der Waals surface area contributed by atoms with E-state index in [2.05, 4.69) is 15.6 Å². The van der Waals surface area contributed by atoms with Crippen LogP contribution in [-0.4, -0.2) is 22.8 Å². The summed E-state index contributed by atoms with van der Waals surface area (Å²) < 4.78 is 0. The third-order valence-electron chi connectivity index (χ3n) is 4.10. The first kappa shape index (κ1) is 19.3. The molecule has 5 nitrogen and oxygen atoms in total. The van der Waals surface area contributed by atoms with Crippen molar-refractivity contribution in [2.24, 2.45) is 0 Å². The van der Waals surface area contributed by atoms with Crippen LogP contribution in [0.25, 0.3) is 10.6 Å². The fourth-order valence-corrected chi connectivity index (χ4v) is 3.99. The number of hydrogen-bond donors (Lipinski definition) is 2. The van der Waals surface area contributed by atoms with Gasteiger partial charge < -0.3 is 10.6 Å². The van der Waals surface area contributed by atoms with E-state index >= 15 is 0 Å². The van der Waals surface area contributed by atoms with Crippen molar-refractivity contribution in [2.75, 3.05) is 5.32 Å². The smallest absolute Gasteiger partial charge is 0.253 e. The molecule has 2 amide bonds. The van der Waals surface area contributed by atoms with Crippen LogP contribution in [0.15, 0.2) is 46.5 Å². The van der Waals surface area contributed by atoms with E-state index in [0.717, 1.165) is 22.7 Å². The number of para-hydroxylation sites is 1. The number of thiazole rings is 1. The van der Waals surface area contributed by atoms with Crippen molar-refractivity contribution in [1.29, 1.82) is 0 Å². The third kappa shape index (κ3) is 5.02. The molecule has 0 saturated carbocycles. The Hall–Kier alpha value is -2.51. The molecule has 1 atom stereocenters. The number of carbonyl (C=O) groups excluding carboxylic acids is 2. The maximum atomic E-state index is 12.5. The van der Waals surface area contributed by atoms with Crippen LogP contribution in [0.4, 0.5) is 5.69 Å². The number of hydrogen-bond acceptors (Lipinski definition) is 5. The van der Waals surface area contributed by atoms with Gasteiger partial charge in [0.05, 0.1) is 23.4 Å². The van der Waals surface area contributed by atoms with Gasteiger partial charge in [0.2, 0.25) is 5.91 Å². The zero-order chi connectivity index (χ0) is 19.2. The monoisotopic (exact) mass is 399 g/mol. The summed E-state index contributed by atoms with van der Waals surface area (Å²) in [7, 11) is 0. The minimum Gasteiger partial charge on any atom is -0.350 e. The lowest BCUT2D eigenvalue weighted by molar-refractivity contribution is -0.115. The molecular weight excluding hydrogens is 378 g/mol. The van der Waals surface area contributed by atoms with Crippen LogP contribution in [0.2, 0.25) is 0 Å². The molecule has 0 aliphatic carbocycles. The van der Waals surface area contributed by atoms with E-state index in [4.69, 9.17) is 0 Å². The van der Waals surface area contributed by atoms with Gasteiger partial charge in [0.1, 0.15) is 5.01 Å². The predicted octanol–water partition coefficient (Wildman–Crippen LogP) is 4.58. The van der Waals surface area contributed by atoms with Crippen LogP contribution in [0.3, 0.4) is 0 Å². The summed E-state index contributed by atoms with van der Waals surface area (Å²) in [5, 5.41) is 12.6. The van der Waals surface area contributed by atoms with Crippen molar-refractivity contribution in [3.8, 4) is 10.6 Å². The maximum absolute atomic E-state index is 12.5. The van der Waals surface area contributed by atoms with E-state index in [9.17, 15) is 9.59 Å². The zero-order valence-corrected chi connectivity index (χ0v) is 16.8. The van der Waals surface area contributed by atoms with Gasteiger partial charge in [0.25, 0.3) is 5.91 Å². The lowest BCUT2D eigenvalue weighted by Crippen LogP contribution is -2.32. The molecule has 0 bridgehead atoms. The van der Waals surface area contributed by atoms with Crippen LogP contribution in [0, 0.1) is 0 Å². The Labute approximate surface area is 166 Å². The Morgan fingerprint density at radius 3 is 2.74 bits per heavy atom. The highest BCUT2D eigenvalue weighted by molar-refractivity contribution is 7.14. The highest BCUT2D eigenvalue weighted by Gasteiger charge is 2.15. The van der Waals surface area contributed by atoms with Crippen LogP contribution >= 0.6 is 22.7 Å². The number of carbonyl (C=O) groups is 2. The SMILES string of the molecule is CC[C@@H](C)NC(=O)c1ccccc1NC(=O)Cc1csc(-c2ccsc2)n1. The number of amides is 2. The van der Waals surface area contributed by atoms with E-state index < -0.39 is 0 Å². The molecule has 0 spiro atoms. The third-order valence-corrected chi connectivity index (χ3v) is 5.72. The van der Waals surface area contributed by atoms with Crippen molar-refractivity contribution in [1.82, 2.24) is 10.3 Å². The van der Waals surface area contributed by atoms with E-state index in [1.807, 2.05) is 36.1 Å². The number of aromatic nitrogens is 1. The average Bonchev–Trinajstić information content (AvgIpc) is 3.33. The highest BCUT2D eigenvalue weighted by Crippen LogP contribution is 2.26. The fourth-order valence-electron chi connectivity index (χ4n) is 2.46. The zero-order valence-electron chi connectivity index (χ0n) is 15.2. The number of nitrogens with zero attached hydrogens (tertiary/aromatic N) is 1. The molecule has 0 unspecified atom stereocenters. The van der Waals surface area contributed by atoms with Crippen molar-refractivity contribution in [3.63, 3.8) is 0 Å². The van der Waals surface area contributed by atoms with Crippen molar-refractivity contribution < 1.29 is 9.59 Å². The summed E-state index contributed by atoms with van der Waals surface area (Å²) in [6.07, 6.45) is 1.01. The number of benzene rings is 1. The fraction of sp³-hybridized carbons (Fsp3) is 0.250. The van der Waals surface area contributed by atoms with Gasteiger partial charge in [-0.3, -0.25) is 9.59 Å². The average molecular weight is 400 g/mol. The first-order valence-corrected chi connectivity index (χ1v) is 10.6. The van der Waals surface area contributed by atoms with Gasteiger partial charge in [-0.2, -0.15) is 11.3 Å². The molecule has 0 fully saturated rings. The molecule has 7 heteroatoms. The molecule has 2 aromatic heterocycles. The van der Waals surface area contributed by atoms with Gasteiger partial charge in [-0.1, -0.05) is 19.1 Å². The van der Waals surface area contributed by atoms with Crippen molar-refractivity contribution in [2.45, 2.75) is 32.7 Å². The summed E-state index contributed by atoms with van der Waals surface area (Å²) in [5.74, 6) is -0.380. The van der Waals surface area contributed by atoms with Crippen molar-refractivity contribution >= 4 is 40.2 Å². The van der Waals surface area contributed by atoms with E-state index in [0.29, 0.717) is 11.3 Å². The predicted molar refractivity (Wildman–Crippen MR) is 111 cm³/mol. The Kier molecular flexibility index (Phi) is 6.36. The molecule has 0 aliphatic rings. The van der Waals surface area contributed by atoms with E-state index in [-0.39, 0.29) is 24.3 Å². The van der Waals surface area contributed by atoms with Gasteiger partial charge in [-0.05, 0) is 36.9 Å². The van der Waals surface area contributed by atoms with E-state index in [1.54, 1.807) is 35.6 Å². The second kappa shape index (κ2) is 8.92. The molecule has 27 heavy (non-hydrogen) atoms. The lowest BCUT2D eigenvalue weighted by Gasteiger charge is -2.14. The molecule has 2 N–H and O–H groups in total. The Bertz CT molecular complexity index is 919. The Balaban J connectivity index is 1.67. The van der Waals surface area contributed by atoms with Gasteiger partial charge >= 0.3 is 0 Å². The van der Waals surface area contributed by atoms with Gasteiger partial charge in [0.15, 0.2) is 0 Å². The minimum atomic E-state index is -0.194. The minimum absolute atomic E-state index is 0.0757. The number of thiophene rings is 1. The first-order valence-electron chi connectivity index (χ1n) is 8.73. The summed E-state index contributed by atoms with van der Waals surface area (Å²) in [4.78, 5) is 29.4. The van der Waals surface area contributed by atoms with Crippen LogP contribution in [0.1, 0.15) is 36.3 Å². The quantitative estimate of drug-likeness (QED) is 0.611. The normalized spacial score (nSPS) is 11.8. The van der Waals surface area contributed by atoms with Crippen LogP contribution < -0.4 is 10.6 Å². The van der Waals surface area contributed by atoms with Gasteiger partial charge in [-0.15, -0.1) is 11.3 Å². The molecule has 3 aromatic rings. The van der Waals surface area contributed by atoms with Crippen molar-refractivity contribution in [3.05, 3.63) is 57.7 Å². The largest absolute Gasteiger partial charge is 0.350 e. The molecule has 3 rings (SSSR count). The molecule has 1 aromatic carbocycles. The van der Waals surface area contributed by atoms with Gasteiger partial charge in [-0.25, -0.2) is 4.98 Å². The molecule has 0 aliphatic heterocycles. The second-order valence-corrected chi connectivity index (χ2v) is 7.85. The lowest BCUT2D eigenvalue weighted by atomic mass is 10.1. The second-order valence-electron chi connectivity index (χ2n) is 6.21. The highest BCUT2D eigenvalue weighted by atomic mass is 32.1. The molecule has 2 heterocycles. The van der Waals surface area contributed by atoms with Gasteiger partial charge in [0, 0.05) is 22.4 Å². The number of anilines is 1. The summed E-state index contributed by atoms with van der Waals surface area (Å²) in [6.45, 7) is 3.96.